The number of hydrogen-bond acceptors (Lipinski definition) is 3. The summed E-state index contributed by atoms with van der Waals surface area (Å²) in [5, 5.41) is 7.39. The second-order valence-electron chi connectivity index (χ2n) is 5.12. The molecule has 3 N–H and O–H groups in total. The lowest BCUT2D eigenvalue weighted by Crippen LogP contribution is -2.26. The highest BCUT2D eigenvalue weighted by Crippen LogP contribution is 2.35. The molecule has 0 amide bonds. The summed E-state index contributed by atoms with van der Waals surface area (Å²) in [4.78, 5) is 4.61. The summed E-state index contributed by atoms with van der Waals surface area (Å²) >= 11 is 0. The first-order valence-corrected chi connectivity index (χ1v) is 6.34. The van der Waals surface area contributed by atoms with E-state index in [1.165, 1.54) is 25.7 Å². The number of nitrogens with zero attached hydrogens (tertiary/aromatic N) is 2. The zero-order valence-electron chi connectivity index (χ0n) is 10.2. The molecule has 2 rings (SSSR count). The van der Waals surface area contributed by atoms with Gasteiger partial charge < -0.3 is 5.73 Å². The SMILES string of the molecule is CC(C)c1n[nH]c(C2CCCCC2CN)n1. The maximum Gasteiger partial charge on any atom is 0.153 e. The van der Waals surface area contributed by atoms with Crippen LogP contribution in [0.2, 0.25) is 0 Å². The van der Waals surface area contributed by atoms with E-state index in [9.17, 15) is 0 Å². The molecule has 0 spiro atoms. The molecule has 0 bridgehead atoms. The molecule has 1 heterocycles. The fourth-order valence-corrected chi connectivity index (χ4v) is 2.56. The van der Waals surface area contributed by atoms with Crippen LogP contribution in [0.1, 0.15) is 63.0 Å². The monoisotopic (exact) mass is 222 g/mol. The molecule has 1 aliphatic carbocycles. The first-order chi connectivity index (χ1) is 7.72. The van der Waals surface area contributed by atoms with E-state index in [1.807, 2.05) is 0 Å². The van der Waals surface area contributed by atoms with E-state index in [4.69, 9.17) is 5.73 Å². The van der Waals surface area contributed by atoms with Crippen LogP contribution in [-0.2, 0) is 0 Å². The van der Waals surface area contributed by atoms with Crippen LogP contribution in [0.3, 0.4) is 0 Å². The van der Waals surface area contributed by atoms with Crippen molar-refractivity contribution in [1.29, 1.82) is 0 Å². The van der Waals surface area contributed by atoms with Crippen LogP contribution in [0.25, 0.3) is 0 Å². The highest BCUT2D eigenvalue weighted by molar-refractivity contribution is 5.03. The molecule has 0 aromatic carbocycles. The fraction of sp³-hybridized carbons (Fsp3) is 0.833. The first-order valence-electron chi connectivity index (χ1n) is 6.34. The van der Waals surface area contributed by atoms with Gasteiger partial charge in [0.1, 0.15) is 5.82 Å². The van der Waals surface area contributed by atoms with E-state index in [0.717, 1.165) is 18.2 Å². The van der Waals surface area contributed by atoms with Gasteiger partial charge in [-0.05, 0) is 25.3 Å². The predicted molar refractivity (Wildman–Crippen MR) is 64.2 cm³/mol. The zero-order chi connectivity index (χ0) is 11.5. The molecule has 0 saturated heterocycles. The van der Waals surface area contributed by atoms with Crippen LogP contribution in [0.4, 0.5) is 0 Å². The maximum absolute atomic E-state index is 5.84. The topological polar surface area (TPSA) is 67.6 Å². The van der Waals surface area contributed by atoms with E-state index in [2.05, 4.69) is 29.0 Å². The molecule has 1 fully saturated rings. The molecule has 90 valence electrons. The first kappa shape index (κ1) is 11.6. The van der Waals surface area contributed by atoms with Gasteiger partial charge in [0, 0.05) is 11.8 Å². The molecule has 0 aliphatic heterocycles. The zero-order valence-corrected chi connectivity index (χ0v) is 10.2. The molecule has 2 unspecified atom stereocenters. The van der Waals surface area contributed by atoms with Crippen LogP contribution in [0.15, 0.2) is 0 Å². The largest absolute Gasteiger partial charge is 0.330 e. The van der Waals surface area contributed by atoms with Gasteiger partial charge in [-0.3, -0.25) is 5.10 Å². The number of nitrogens with one attached hydrogen (secondary N) is 1. The lowest BCUT2D eigenvalue weighted by atomic mass is 9.79. The molecule has 0 radical (unpaired) electrons. The Morgan fingerprint density at radius 3 is 2.75 bits per heavy atom. The Labute approximate surface area is 97.0 Å². The molecule has 4 nitrogen and oxygen atoms in total. The van der Waals surface area contributed by atoms with E-state index in [-0.39, 0.29) is 0 Å². The third kappa shape index (κ3) is 2.26. The van der Waals surface area contributed by atoms with Crippen molar-refractivity contribution < 1.29 is 0 Å². The number of H-pyrrole nitrogens is 1. The third-order valence-corrected chi connectivity index (χ3v) is 3.60. The van der Waals surface area contributed by atoms with Crippen molar-refractivity contribution in [2.45, 2.75) is 51.4 Å². The Balaban J connectivity index is 2.14. The highest BCUT2D eigenvalue weighted by Gasteiger charge is 2.28. The Bertz CT molecular complexity index is 332. The second kappa shape index (κ2) is 4.95. The van der Waals surface area contributed by atoms with E-state index in [1.54, 1.807) is 0 Å². The normalized spacial score (nSPS) is 26.2. The Hall–Kier alpha value is -0.900. The molecule has 4 heteroatoms. The summed E-state index contributed by atoms with van der Waals surface area (Å²) in [7, 11) is 0. The number of aromatic amines is 1. The van der Waals surface area contributed by atoms with Crippen LogP contribution in [0, 0.1) is 5.92 Å². The van der Waals surface area contributed by atoms with Gasteiger partial charge in [-0.15, -0.1) is 0 Å². The molecule has 1 aliphatic rings. The Kier molecular flexibility index (Phi) is 3.59. The van der Waals surface area contributed by atoms with Crippen molar-refractivity contribution in [1.82, 2.24) is 15.2 Å². The lowest BCUT2D eigenvalue weighted by Gasteiger charge is -2.28. The average Bonchev–Trinajstić information content (AvgIpc) is 2.78. The third-order valence-electron chi connectivity index (χ3n) is 3.60. The van der Waals surface area contributed by atoms with Crippen LogP contribution >= 0.6 is 0 Å². The summed E-state index contributed by atoms with van der Waals surface area (Å²) < 4.78 is 0. The van der Waals surface area contributed by atoms with Crippen molar-refractivity contribution in [3.8, 4) is 0 Å². The smallest absolute Gasteiger partial charge is 0.153 e. The maximum atomic E-state index is 5.84. The van der Waals surface area contributed by atoms with E-state index in [0.29, 0.717) is 17.8 Å². The molecule has 2 atom stereocenters. The molecule has 1 saturated carbocycles. The fourth-order valence-electron chi connectivity index (χ4n) is 2.56. The number of hydrogen-bond donors (Lipinski definition) is 2. The van der Waals surface area contributed by atoms with Crippen molar-refractivity contribution in [2.75, 3.05) is 6.54 Å². The lowest BCUT2D eigenvalue weighted by molar-refractivity contribution is 0.304. The van der Waals surface area contributed by atoms with Crippen molar-refractivity contribution in [3.63, 3.8) is 0 Å². The highest BCUT2D eigenvalue weighted by atomic mass is 15.2. The van der Waals surface area contributed by atoms with Crippen LogP contribution in [0.5, 0.6) is 0 Å². The molecular formula is C12H22N4. The average molecular weight is 222 g/mol. The molecule has 1 aromatic heterocycles. The summed E-state index contributed by atoms with van der Waals surface area (Å²) in [6.07, 6.45) is 5.04. The Morgan fingerprint density at radius 1 is 1.38 bits per heavy atom. The number of nitrogens with two attached hydrogens (primary N) is 1. The Morgan fingerprint density at radius 2 is 2.12 bits per heavy atom. The van der Waals surface area contributed by atoms with Crippen LogP contribution < -0.4 is 5.73 Å². The minimum atomic E-state index is 0.393. The van der Waals surface area contributed by atoms with Gasteiger partial charge >= 0.3 is 0 Å². The second-order valence-corrected chi connectivity index (χ2v) is 5.12. The van der Waals surface area contributed by atoms with Gasteiger partial charge in [0.25, 0.3) is 0 Å². The number of aromatic nitrogens is 3. The predicted octanol–water partition coefficient (Wildman–Crippen LogP) is 2.16. The summed E-state index contributed by atoms with van der Waals surface area (Å²) in [6, 6.07) is 0. The summed E-state index contributed by atoms with van der Waals surface area (Å²) in [6.45, 7) is 5.00. The van der Waals surface area contributed by atoms with Crippen molar-refractivity contribution in [3.05, 3.63) is 11.6 Å². The van der Waals surface area contributed by atoms with Gasteiger partial charge in [0.15, 0.2) is 5.82 Å². The van der Waals surface area contributed by atoms with E-state index < -0.39 is 0 Å². The minimum Gasteiger partial charge on any atom is -0.330 e. The van der Waals surface area contributed by atoms with Gasteiger partial charge in [-0.2, -0.15) is 5.10 Å². The van der Waals surface area contributed by atoms with Crippen LogP contribution in [-0.4, -0.2) is 21.7 Å². The standard InChI is InChI=1S/C12H22N4/c1-8(2)11-14-12(16-15-11)10-6-4-3-5-9(10)7-13/h8-10H,3-7,13H2,1-2H3,(H,14,15,16). The molecule has 16 heavy (non-hydrogen) atoms. The molecule has 1 aromatic rings. The molecular weight excluding hydrogens is 200 g/mol. The van der Waals surface area contributed by atoms with Crippen molar-refractivity contribution in [2.24, 2.45) is 11.7 Å². The summed E-state index contributed by atoms with van der Waals surface area (Å²) in [5.41, 5.74) is 5.84. The van der Waals surface area contributed by atoms with Gasteiger partial charge in [0.05, 0.1) is 0 Å². The van der Waals surface area contributed by atoms with Gasteiger partial charge in [-0.25, -0.2) is 4.98 Å². The van der Waals surface area contributed by atoms with Gasteiger partial charge in [-0.1, -0.05) is 26.7 Å². The number of rotatable bonds is 3. The quantitative estimate of drug-likeness (QED) is 0.823. The minimum absolute atomic E-state index is 0.393. The summed E-state index contributed by atoms with van der Waals surface area (Å²) in [5.74, 6) is 3.46. The van der Waals surface area contributed by atoms with Crippen molar-refractivity contribution >= 4 is 0 Å². The van der Waals surface area contributed by atoms with Gasteiger partial charge in [0.2, 0.25) is 0 Å². The van der Waals surface area contributed by atoms with E-state index >= 15 is 0 Å².